The maximum Gasteiger partial charge on any atom is 0.253 e. The molecule has 1 saturated heterocycles. The first kappa shape index (κ1) is 24.2. The number of carbonyl (C=O) groups excluding carboxylic acids is 2. The smallest absolute Gasteiger partial charge is 0.253 e. The second-order valence-electron chi connectivity index (χ2n) is 9.06. The number of nitriles is 1. The SMILES string of the molecule is CCCC(=O)c1ccnc(Nc2cc(C(=O)N3CCC(c4ccc(C#N)cc4)CC3)ccc2C)c1. The molecule has 35 heavy (non-hydrogen) atoms. The van der Waals surface area contributed by atoms with Crippen molar-refractivity contribution in [1.29, 1.82) is 5.26 Å². The highest BCUT2D eigenvalue weighted by molar-refractivity contribution is 5.97. The lowest BCUT2D eigenvalue weighted by atomic mass is 9.89. The van der Waals surface area contributed by atoms with Crippen molar-refractivity contribution in [3.8, 4) is 6.07 Å². The van der Waals surface area contributed by atoms with Crippen molar-refractivity contribution in [3.05, 3.63) is 88.6 Å². The third kappa shape index (κ3) is 5.75. The Morgan fingerprint density at radius 2 is 1.80 bits per heavy atom. The lowest BCUT2D eigenvalue weighted by Crippen LogP contribution is -2.37. The van der Waals surface area contributed by atoms with Crippen LogP contribution in [0.1, 0.15) is 75.9 Å². The molecule has 0 bridgehead atoms. The van der Waals surface area contributed by atoms with Gasteiger partial charge in [0.05, 0.1) is 11.6 Å². The number of nitrogens with one attached hydrogen (secondary N) is 1. The van der Waals surface area contributed by atoms with Crippen molar-refractivity contribution in [1.82, 2.24) is 9.88 Å². The van der Waals surface area contributed by atoms with Crippen molar-refractivity contribution in [3.63, 3.8) is 0 Å². The molecule has 0 radical (unpaired) electrons. The van der Waals surface area contributed by atoms with Gasteiger partial charge in [-0.2, -0.15) is 5.26 Å². The third-order valence-electron chi connectivity index (χ3n) is 6.60. The summed E-state index contributed by atoms with van der Waals surface area (Å²) in [6, 6.07) is 19.1. The number of nitrogens with zero attached hydrogens (tertiary/aromatic N) is 3. The molecule has 1 N–H and O–H groups in total. The Bertz CT molecular complexity index is 1250. The van der Waals surface area contributed by atoms with E-state index >= 15 is 0 Å². The number of hydrogen-bond acceptors (Lipinski definition) is 5. The van der Waals surface area contributed by atoms with E-state index < -0.39 is 0 Å². The molecule has 4 rings (SSSR count). The van der Waals surface area contributed by atoms with Crippen LogP contribution in [-0.4, -0.2) is 34.7 Å². The second-order valence-corrected chi connectivity index (χ2v) is 9.06. The van der Waals surface area contributed by atoms with Crippen LogP contribution in [0.25, 0.3) is 0 Å². The molecule has 0 saturated carbocycles. The molecule has 6 heteroatoms. The van der Waals surface area contributed by atoms with E-state index in [-0.39, 0.29) is 11.7 Å². The standard InChI is InChI=1S/C29H30N4O2/c1-3-4-27(34)24-11-14-31-28(18-24)32-26-17-25(8-5-20(26)2)29(35)33-15-12-23(13-16-33)22-9-6-21(19-30)7-10-22/h5-11,14,17-18,23H,3-4,12-13,15-16H2,1-2H3,(H,31,32). The van der Waals surface area contributed by atoms with Crippen LogP contribution in [0.3, 0.4) is 0 Å². The highest BCUT2D eigenvalue weighted by Gasteiger charge is 2.25. The van der Waals surface area contributed by atoms with Crippen LogP contribution in [0.2, 0.25) is 0 Å². The van der Waals surface area contributed by atoms with Gasteiger partial charge >= 0.3 is 0 Å². The number of rotatable bonds is 7. The summed E-state index contributed by atoms with van der Waals surface area (Å²) in [7, 11) is 0. The number of pyridine rings is 1. The number of carbonyl (C=O) groups is 2. The molecule has 1 aromatic heterocycles. The fourth-order valence-corrected chi connectivity index (χ4v) is 4.50. The average Bonchev–Trinajstić information content (AvgIpc) is 2.90. The number of Topliss-reactive ketones (excluding diaryl/α,β-unsaturated/α-hetero) is 1. The molecular formula is C29H30N4O2. The molecule has 0 unspecified atom stereocenters. The van der Waals surface area contributed by atoms with Gasteiger partial charge in [-0.1, -0.05) is 25.1 Å². The third-order valence-corrected chi connectivity index (χ3v) is 6.60. The number of piperidine rings is 1. The van der Waals surface area contributed by atoms with Gasteiger partial charge in [0.2, 0.25) is 0 Å². The Hall–Kier alpha value is -3.98. The Balaban J connectivity index is 1.43. The molecule has 1 fully saturated rings. The van der Waals surface area contributed by atoms with E-state index in [0.29, 0.717) is 47.9 Å². The van der Waals surface area contributed by atoms with Gasteiger partial charge < -0.3 is 10.2 Å². The first-order valence-corrected chi connectivity index (χ1v) is 12.1. The van der Waals surface area contributed by atoms with Crippen molar-refractivity contribution in [2.45, 2.75) is 45.4 Å². The van der Waals surface area contributed by atoms with Crippen LogP contribution < -0.4 is 5.32 Å². The summed E-state index contributed by atoms with van der Waals surface area (Å²) in [6.45, 7) is 5.36. The predicted octanol–water partition coefficient (Wildman–Crippen LogP) is 6.01. The summed E-state index contributed by atoms with van der Waals surface area (Å²) in [4.78, 5) is 31.8. The van der Waals surface area contributed by atoms with Gasteiger partial charge in [-0.05, 0) is 79.6 Å². The zero-order valence-corrected chi connectivity index (χ0v) is 20.3. The number of anilines is 2. The van der Waals surface area contributed by atoms with Crippen LogP contribution in [0, 0.1) is 18.3 Å². The molecule has 1 aliphatic rings. The molecule has 0 atom stereocenters. The Morgan fingerprint density at radius 1 is 1.06 bits per heavy atom. The lowest BCUT2D eigenvalue weighted by Gasteiger charge is -2.32. The summed E-state index contributed by atoms with van der Waals surface area (Å²) >= 11 is 0. The van der Waals surface area contributed by atoms with Crippen LogP contribution in [0.4, 0.5) is 11.5 Å². The largest absolute Gasteiger partial charge is 0.340 e. The predicted molar refractivity (Wildman–Crippen MR) is 137 cm³/mol. The van der Waals surface area contributed by atoms with E-state index in [1.54, 1.807) is 18.3 Å². The van der Waals surface area contributed by atoms with Crippen LogP contribution >= 0.6 is 0 Å². The van der Waals surface area contributed by atoms with Gasteiger partial charge in [0.1, 0.15) is 5.82 Å². The van der Waals surface area contributed by atoms with Gasteiger partial charge in [-0.3, -0.25) is 9.59 Å². The van der Waals surface area contributed by atoms with Crippen molar-refractivity contribution < 1.29 is 9.59 Å². The van der Waals surface area contributed by atoms with Gasteiger partial charge in [-0.25, -0.2) is 4.98 Å². The van der Waals surface area contributed by atoms with Gasteiger partial charge in [-0.15, -0.1) is 0 Å². The number of likely N-dealkylation sites (tertiary alicyclic amines) is 1. The molecule has 1 amide bonds. The topological polar surface area (TPSA) is 86.1 Å². The fraction of sp³-hybridized carbons (Fsp3) is 0.310. The van der Waals surface area contributed by atoms with Crippen molar-refractivity contribution >= 4 is 23.2 Å². The Morgan fingerprint density at radius 3 is 2.49 bits per heavy atom. The molecule has 3 aromatic rings. The van der Waals surface area contributed by atoms with E-state index in [4.69, 9.17) is 5.26 Å². The number of ketones is 1. The molecule has 2 heterocycles. The van der Waals surface area contributed by atoms with E-state index in [9.17, 15) is 9.59 Å². The van der Waals surface area contributed by atoms with Crippen molar-refractivity contribution in [2.75, 3.05) is 18.4 Å². The van der Waals surface area contributed by atoms with Gasteiger partial charge in [0.25, 0.3) is 5.91 Å². The average molecular weight is 467 g/mol. The molecule has 6 nitrogen and oxygen atoms in total. The lowest BCUT2D eigenvalue weighted by molar-refractivity contribution is 0.0713. The number of aryl methyl sites for hydroxylation is 1. The number of aromatic nitrogens is 1. The van der Waals surface area contributed by atoms with Crippen molar-refractivity contribution in [2.24, 2.45) is 0 Å². The number of benzene rings is 2. The monoisotopic (exact) mass is 466 g/mol. The van der Waals surface area contributed by atoms with Gasteiger partial charge in [0.15, 0.2) is 5.78 Å². The minimum atomic E-state index is 0.0196. The maximum absolute atomic E-state index is 13.3. The maximum atomic E-state index is 13.3. The van der Waals surface area contributed by atoms with E-state index in [2.05, 4.69) is 16.4 Å². The zero-order valence-electron chi connectivity index (χ0n) is 20.3. The number of hydrogen-bond donors (Lipinski definition) is 1. The van der Waals surface area contributed by atoms with E-state index in [0.717, 1.165) is 30.5 Å². The van der Waals surface area contributed by atoms with Gasteiger partial charge in [0, 0.05) is 42.5 Å². The molecule has 2 aromatic carbocycles. The van der Waals surface area contributed by atoms with E-state index in [1.165, 1.54) is 5.56 Å². The number of amides is 1. The normalized spacial score (nSPS) is 13.8. The highest BCUT2D eigenvalue weighted by atomic mass is 16.2. The van der Waals surface area contributed by atoms with Crippen LogP contribution in [0.5, 0.6) is 0 Å². The minimum Gasteiger partial charge on any atom is -0.340 e. The summed E-state index contributed by atoms with van der Waals surface area (Å²) in [6.07, 6.45) is 4.74. The molecular weight excluding hydrogens is 436 g/mol. The Labute approximate surface area is 206 Å². The van der Waals surface area contributed by atoms with E-state index in [1.807, 2.05) is 61.2 Å². The highest BCUT2D eigenvalue weighted by Crippen LogP contribution is 2.30. The summed E-state index contributed by atoms with van der Waals surface area (Å²) in [5.41, 5.74) is 4.96. The fourth-order valence-electron chi connectivity index (χ4n) is 4.50. The zero-order chi connectivity index (χ0) is 24.8. The summed E-state index contributed by atoms with van der Waals surface area (Å²) < 4.78 is 0. The Kier molecular flexibility index (Phi) is 7.57. The summed E-state index contributed by atoms with van der Waals surface area (Å²) in [5.74, 6) is 1.10. The quantitative estimate of drug-likeness (QED) is 0.431. The first-order chi connectivity index (χ1) is 17.0. The molecule has 1 aliphatic heterocycles. The van der Waals surface area contributed by atoms with Crippen LogP contribution in [0.15, 0.2) is 60.8 Å². The second kappa shape index (κ2) is 11.0. The molecule has 0 spiro atoms. The summed E-state index contributed by atoms with van der Waals surface area (Å²) in [5, 5.41) is 12.3. The molecule has 0 aliphatic carbocycles. The molecule has 178 valence electrons. The minimum absolute atomic E-state index is 0.0196. The van der Waals surface area contributed by atoms with Crippen LogP contribution in [-0.2, 0) is 0 Å². The first-order valence-electron chi connectivity index (χ1n) is 12.1.